The zero-order chi connectivity index (χ0) is 16.2. The van der Waals surface area contributed by atoms with Gasteiger partial charge in [0.1, 0.15) is 5.75 Å². The van der Waals surface area contributed by atoms with Gasteiger partial charge in [0.15, 0.2) is 11.6 Å². The van der Waals surface area contributed by atoms with Crippen LogP contribution in [0.5, 0.6) is 17.4 Å². The van der Waals surface area contributed by atoms with Crippen LogP contribution in [0.2, 0.25) is 0 Å². The molecule has 23 heavy (non-hydrogen) atoms. The molecular weight excluding hydrogens is 294 g/mol. The maximum atomic E-state index is 5.92. The Hall–Kier alpha value is -2.96. The second-order valence-corrected chi connectivity index (χ2v) is 5.02. The summed E-state index contributed by atoms with van der Waals surface area (Å²) in [6, 6.07) is 1.73. The van der Waals surface area contributed by atoms with Crippen molar-refractivity contribution in [1.82, 2.24) is 15.0 Å². The number of nitrogen functional groups attached to an aromatic ring is 1. The van der Waals surface area contributed by atoms with Crippen LogP contribution in [0.3, 0.4) is 0 Å². The minimum Gasteiger partial charge on any atom is -0.481 e. The molecule has 0 atom stereocenters. The van der Waals surface area contributed by atoms with Crippen LogP contribution >= 0.6 is 0 Å². The van der Waals surface area contributed by atoms with Gasteiger partial charge in [-0.25, -0.2) is 15.0 Å². The van der Waals surface area contributed by atoms with Gasteiger partial charge >= 0.3 is 0 Å². The minimum absolute atomic E-state index is 0.199. The summed E-state index contributed by atoms with van der Waals surface area (Å²) in [5.74, 6) is 1.83. The van der Waals surface area contributed by atoms with E-state index in [1.807, 2.05) is 0 Å². The number of ether oxygens (including phenoxy) is 2. The first-order valence-corrected chi connectivity index (χ1v) is 7.22. The van der Waals surface area contributed by atoms with Crippen molar-refractivity contribution in [3.8, 4) is 17.4 Å². The number of methoxy groups -OCH3 is 1. The Morgan fingerprint density at radius 2 is 2.13 bits per heavy atom. The molecule has 2 aromatic rings. The van der Waals surface area contributed by atoms with Crippen molar-refractivity contribution in [3.63, 3.8) is 0 Å². The lowest BCUT2D eigenvalue weighted by molar-refractivity contribution is 0.392. The maximum absolute atomic E-state index is 5.92. The number of hydrogen-bond donors (Lipinski definition) is 1. The highest BCUT2D eigenvalue weighted by atomic mass is 16.5. The van der Waals surface area contributed by atoms with Crippen LogP contribution in [0.25, 0.3) is 5.57 Å². The Morgan fingerprint density at radius 1 is 1.26 bits per heavy atom. The van der Waals surface area contributed by atoms with Crippen molar-refractivity contribution >= 4 is 24.1 Å². The Kier molecular flexibility index (Phi) is 4.18. The van der Waals surface area contributed by atoms with E-state index in [9.17, 15) is 0 Å². The summed E-state index contributed by atoms with van der Waals surface area (Å²) in [6.07, 6.45) is 8.61. The first kappa shape index (κ1) is 15.0. The average molecular weight is 311 g/mol. The van der Waals surface area contributed by atoms with Crippen LogP contribution in [-0.4, -0.2) is 28.8 Å². The van der Waals surface area contributed by atoms with Crippen molar-refractivity contribution in [2.75, 3.05) is 12.8 Å². The molecule has 0 bridgehead atoms. The van der Waals surface area contributed by atoms with Gasteiger partial charge in [-0.05, 0) is 31.6 Å². The molecule has 7 heteroatoms. The lowest BCUT2D eigenvalue weighted by Gasteiger charge is -2.13. The Bertz CT molecular complexity index is 773. The molecule has 3 rings (SSSR count). The van der Waals surface area contributed by atoms with Gasteiger partial charge in [-0.1, -0.05) is 6.08 Å². The van der Waals surface area contributed by atoms with E-state index in [0.29, 0.717) is 17.4 Å². The fourth-order valence-corrected chi connectivity index (χ4v) is 2.42. The van der Waals surface area contributed by atoms with E-state index in [1.165, 1.54) is 11.8 Å². The third kappa shape index (κ3) is 3.13. The summed E-state index contributed by atoms with van der Waals surface area (Å²) in [7, 11) is 1.56. The Labute approximate surface area is 133 Å². The summed E-state index contributed by atoms with van der Waals surface area (Å²) in [5.41, 5.74) is 8.03. The molecule has 2 heterocycles. The average Bonchev–Trinajstić information content (AvgIpc) is 3.10. The highest BCUT2D eigenvalue weighted by Gasteiger charge is 2.16. The zero-order valence-corrected chi connectivity index (χ0v) is 12.8. The second-order valence-electron chi connectivity index (χ2n) is 5.02. The monoisotopic (exact) mass is 311 g/mol. The number of aromatic nitrogens is 3. The molecule has 7 nitrogen and oxygen atoms in total. The molecule has 2 N–H and O–H groups in total. The SMILES string of the molecule is C=Nc1ncc(Oc2cc(OC)ncc2C2=CCCC2)c(N)n1. The van der Waals surface area contributed by atoms with Crippen molar-refractivity contribution in [3.05, 3.63) is 30.1 Å². The van der Waals surface area contributed by atoms with Gasteiger partial charge in [0.2, 0.25) is 5.88 Å². The summed E-state index contributed by atoms with van der Waals surface area (Å²) in [5, 5.41) is 0. The highest BCUT2D eigenvalue weighted by Crippen LogP contribution is 2.38. The molecule has 0 amide bonds. The van der Waals surface area contributed by atoms with Crippen molar-refractivity contribution in [2.45, 2.75) is 19.3 Å². The smallest absolute Gasteiger partial charge is 0.250 e. The summed E-state index contributed by atoms with van der Waals surface area (Å²) < 4.78 is 11.1. The number of nitrogens with zero attached hydrogens (tertiary/aromatic N) is 4. The maximum Gasteiger partial charge on any atom is 0.250 e. The molecule has 0 spiro atoms. The van der Waals surface area contributed by atoms with E-state index < -0.39 is 0 Å². The van der Waals surface area contributed by atoms with Gasteiger partial charge in [-0.3, -0.25) is 0 Å². The zero-order valence-electron chi connectivity index (χ0n) is 12.8. The van der Waals surface area contributed by atoms with Crippen LogP contribution in [0, 0.1) is 0 Å². The van der Waals surface area contributed by atoms with E-state index in [4.69, 9.17) is 15.2 Å². The molecule has 2 aromatic heterocycles. The molecule has 0 saturated carbocycles. The lowest BCUT2D eigenvalue weighted by atomic mass is 10.1. The van der Waals surface area contributed by atoms with Crippen LogP contribution < -0.4 is 15.2 Å². The van der Waals surface area contributed by atoms with Gasteiger partial charge in [-0.2, -0.15) is 4.98 Å². The molecular formula is C16H17N5O2. The van der Waals surface area contributed by atoms with Gasteiger partial charge < -0.3 is 15.2 Å². The van der Waals surface area contributed by atoms with Gasteiger partial charge in [-0.15, -0.1) is 0 Å². The van der Waals surface area contributed by atoms with Crippen LogP contribution in [0.15, 0.2) is 29.5 Å². The number of allylic oxidation sites excluding steroid dienone is 2. The largest absolute Gasteiger partial charge is 0.481 e. The van der Waals surface area contributed by atoms with Crippen LogP contribution in [0.4, 0.5) is 11.8 Å². The van der Waals surface area contributed by atoms with Crippen LogP contribution in [-0.2, 0) is 0 Å². The summed E-state index contributed by atoms with van der Waals surface area (Å²) in [4.78, 5) is 15.9. The first-order valence-electron chi connectivity index (χ1n) is 7.22. The Morgan fingerprint density at radius 3 is 2.78 bits per heavy atom. The fraction of sp³-hybridized carbons (Fsp3) is 0.250. The van der Waals surface area contributed by atoms with Crippen molar-refractivity contribution in [2.24, 2.45) is 4.99 Å². The van der Waals surface area contributed by atoms with Gasteiger partial charge in [0.05, 0.1) is 13.3 Å². The topological polar surface area (TPSA) is 95.5 Å². The third-order valence-electron chi connectivity index (χ3n) is 3.57. The number of anilines is 1. The van der Waals surface area contributed by atoms with Gasteiger partial charge in [0, 0.05) is 17.8 Å². The highest BCUT2D eigenvalue weighted by molar-refractivity contribution is 5.72. The predicted molar refractivity (Wildman–Crippen MR) is 88.3 cm³/mol. The molecule has 118 valence electrons. The molecule has 0 unspecified atom stereocenters. The molecule has 0 radical (unpaired) electrons. The van der Waals surface area contributed by atoms with Crippen molar-refractivity contribution in [1.29, 1.82) is 0 Å². The van der Waals surface area contributed by atoms with Crippen LogP contribution in [0.1, 0.15) is 24.8 Å². The fourth-order valence-electron chi connectivity index (χ4n) is 2.42. The van der Waals surface area contributed by atoms with E-state index in [2.05, 4.69) is 32.7 Å². The van der Waals surface area contributed by atoms with E-state index in [0.717, 1.165) is 24.8 Å². The minimum atomic E-state index is 0.199. The third-order valence-corrected chi connectivity index (χ3v) is 3.57. The number of aliphatic imine (C=N–C) groups is 1. The lowest BCUT2D eigenvalue weighted by Crippen LogP contribution is -1.99. The summed E-state index contributed by atoms with van der Waals surface area (Å²) >= 11 is 0. The molecule has 1 aliphatic carbocycles. The molecule has 1 aliphatic rings. The normalized spacial score (nSPS) is 13.5. The molecule has 0 aromatic carbocycles. The van der Waals surface area contributed by atoms with Gasteiger partial charge in [0.25, 0.3) is 5.95 Å². The second kappa shape index (κ2) is 6.43. The number of nitrogens with two attached hydrogens (primary N) is 1. The number of pyridine rings is 1. The van der Waals surface area contributed by atoms with E-state index >= 15 is 0 Å². The molecule has 0 saturated heterocycles. The summed E-state index contributed by atoms with van der Waals surface area (Å²) in [6.45, 7) is 3.37. The molecule has 0 aliphatic heterocycles. The number of rotatable bonds is 5. The molecule has 0 fully saturated rings. The van der Waals surface area contributed by atoms with Crippen molar-refractivity contribution < 1.29 is 9.47 Å². The van der Waals surface area contributed by atoms with E-state index in [1.54, 1.807) is 19.4 Å². The predicted octanol–water partition coefficient (Wildman–Crippen LogP) is 3.15. The quantitative estimate of drug-likeness (QED) is 0.852. The standard InChI is InChI=1S/C16H17N5O2/c1-18-16-20-9-13(15(17)21-16)23-12-7-14(22-2)19-8-11(12)10-5-3-4-6-10/h5,7-9H,1,3-4,6H2,2H3,(H2,17,20,21). The Balaban J connectivity index is 1.99. The number of hydrogen-bond acceptors (Lipinski definition) is 7. The first-order chi connectivity index (χ1) is 11.2. The van der Waals surface area contributed by atoms with E-state index in [-0.39, 0.29) is 11.8 Å².